The molecule has 1 aliphatic heterocycles. The number of nitrogens with one attached hydrogen (secondary N) is 1. The average Bonchev–Trinajstić information content (AvgIpc) is 3.53. The van der Waals surface area contributed by atoms with Gasteiger partial charge in [-0.05, 0) is 47.4 Å². The van der Waals surface area contributed by atoms with Crippen LogP contribution in [0.5, 0.6) is 0 Å². The molecule has 0 unspecified atom stereocenters. The number of alkyl carbamates (subject to hydrolysis) is 1. The van der Waals surface area contributed by atoms with E-state index in [-0.39, 0.29) is 49.8 Å². The van der Waals surface area contributed by atoms with Gasteiger partial charge in [-0.15, -0.1) is 0 Å². The van der Waals surface area contributed by atoms with Crippen LogP contribution in [0, 0.1) is 5.92 Å². The van der Waals surface area contributed by atoms with E-state index in [1.165, 1.54) is 16.0 Å². The molecular formula is C27H30N2O6. The topological polar surface area (TPSA) is 116 Å². The molecule has 0 aromatic heterocycles. The second kappa shape index (κ2) is 9.70. The van der Waals surface area contributed by atoms with E-state index in [2.05, 4.69) is 29.6 Å². The second-order valence-corrected chi connectivity index (χ2v) is 9.84. The van der Waals surface area contributed by atoms with Gasteiger partial charge in [-0.2, -0.15) is 0 Å². The number of nitrogens with zero attached hydrogens (tertiary/aromatic N) is 1. The molecule has 35 heavy (non-hydrogen) atoms. The number of carboxylic acid groups (broad SMARTS) is 1. The minimum absolute atomic E-state index is 0.0000843. The minimum Gasteiger partial charge on any atom is -0.480 e. The molecule has 2 amide bonds. The molecule has 0 spiro atoms. The van der Waals surface area contributed by atoms with Gasteiger partial charge in [-0.25, -0.2) is 9.59 Å². The van der Waals surface area contributed by atoms with Gasteiger partial charge in [-0.3, -0.25) is 4.79 Å². The molecule has 2 aromatic carbocycles. The van der Waals surface area contributed by atoms with Gasteiger partial charge in [0.15, 0.2) is 0 Å². The predicted octanol–water partition coefficient (Wildman–Crippen LogP) is 3.13. The van der Waals surface area contributed by atoms with Crippen molar-refractivity contribution in [3.8, 4) is 11.1 Å². The highest BCUT2D eigenvalue weighted by atomic mass is 16.5. The molecule has 8 nitrogen and oxygen atoms in total. The first kappa shape index (κ1) is 23.4. The van der Waals surface area contributed by atoms with E-state index < -0.39 is 24.2 Å². The molecule has 4 atom stereocenters. The van der Waals surface area contributed by atoms with Crippen LogP contribution in [0.3, 0.4) is 0 Å². The van der Waals surface area contributed by atoms with Crippen LogP contribution in [0.2, 0.25) is 0 Å². The van der Waals surface area contributed by atoms with Gasteiger partial charge in [0.1, 0.15) is 12.6 Å². The van der Waals surface area contributed by atoms with Crippen LogP contribution in [-0.4, -0.2) is 64.4 Å². The molecule has 5 rings (SSSR count). The lowest BCUT2D eigenvalue weighted by Gasteiger charge is -2.23. The molecule has 3 aliphatic rings. The molecule has 0 bridgehead atoms. The number of aliphatic carboxylic acids is 1. The number of hydrogen-bond acceptors (Lipinski definition) is 5. The Kier molecular flexibility index (Phi) is 6.47. The highest BCUT2D eigenvalue weighted by Crippen LogP contribution is 2.44. The van der Waals surface area contributed by atoms with Gasteiger partial charge in [0.25, 0.3) is 0 Å². The fourth-order valence-electron chi connectivity index (χ4n) is 5.89. The number of ether oxygens (including phenoxy) is 1. The Labute approximate surface area is 203 Å². The molecule has 0 radical (unpaired) electrons. The van der Waals surface area contributed by atoms with Crippen LogP contribution in [0.15, 0.2) is 48.5 Å². The first-order valence-corrected chi connectivity index (χ1v) is 12.2. The Bertz CT molecular complexity index is 1090. The summed E-state index contributed by atoms with van der Waals surface area (Å²) in [6.07, 6.45) is 1.19. The number of carbonyl (C=O) groups is 3. The zero-order valence-electron chi connectivity index (χ0n) is 19.4. The molecule has 1 heterocycles. The molecule has 2 fully saturated rings. The van der Waals surface area contributed by atoms with Crippen molar-refractivity contribution < 1.29 is 29.3 Å². The number of hydrogen-bond donors (Lipinski definition) is 3. The third-order valence-electron chi connectivity index (χ3n) is 7.55. The number of aliphatic hydroxyl groups is 1. The summed E-state index contributed by atoms with van der Waals surface area (Å²) in [6.45, 7) is 0.312. The predicted molar refractivity (Wildman–Crippen MR) is 128 cm³/mol. The lowest BCUT2D eigenvalue weighted by molar-refractivity contribution is -0.148. The maximum Gasteiger partial charge on any atom is 0.407 e. The zero-order valence-corrected chi connectivity index (χ0v) is 19.4. The van der Waals surface area contributed by atoms with E-state index in [9.17, 15) is 24.6 Å². The van der Waals surface area contributed by atoms with Crippen molar-refractivity contribution in [2.75, 3.05) is 13.2 Å². The Morgan fingerprint density at radius 2 is 1.63 bits per heavy atom. The fraction of sp³-hybridized carbons (Fsp3) is 0.444. The van der Waals surface area contributed by atoms with Gasteiger partial charge in [0.05, 0.1) is 6.10 Å². The quantitative estimate of drug-likeness (QED) is 0.588. The molecule has 1 saturated carbocycles. The van der Waals surface area contributed by atoms with Gasteiger partial charge >= 0.3 is 12.1 Å². The van der Waals surface area contributed by atoms with Crippen molar-refractivity contribution in [2.45, 2.75) is 56.2 Å². The number of benzene rings is 2. The standard InChI is InChI=1S/C27H30N2O6/c30-18-13-24(26(32)33)29(14-18)25(31)12-16-9-10-17(11-16)28-27(34)35-15-23-21-7-3-1-5-19(21)20-6-2-4-8-22(20)23/h1-8,16-18,23-24,30H,9-15H2,(H,28,34)(H,32,33)/t16-,17+,18+,24-/m0/s1. The molecule has 184 valence electrons. The van der Waals surface area contributed by atoms with Crippen LogP contribution in [0.1, 0.15) is 49.1 Å². The highest BCUT2D eigenvalue weighted by Gasteiger charge is 2.40. The summed E-state index contributed by atoms with van der Waals surface area (Å²) in [4.78, 5) is 37.9. The zero-order chi connectivity index (χ0) is 24.5. The maximum absolute atomic E-state index is 12.7. The SMILES string of the molecule is O=C(N[C@@H]1CC[C@H](CC(=O)N2C[C@H](O)C[C@H]2C(=O)O)C1)OCC1c2ccccc2-c2ccccc21. The monoisotopic (exact) mass is 478 g/mol. The Hall–Kier alpha value is -3.39. The lowest BCUT2D eigenvalue weighted by Crippen LogP contribution is -2.41. The summed E-state index contributed by atoms with van der Waals surface area (Å²) in [5.74, 6) is -1.27. The van der Waals surface area contributed by atoms with Crippen LogP contribution >= 0.6 is 0 Å². The summed E-state index contributed by atoms with van der Waals surface area (Å²) >= 11 is 0. The van der Waals surface area contributed by atoms with E-state index >= 15 is 0 Å². The minimum atomic E-state index is -1.09. The number of aliphatic hydroxyl groups excluding tert-OH is 1. The fourth-order valence-corrected chi connectivity index (χ4v) is 5.89. The average molecular weight is 479 g/mol. The number of likely N-dealkylation sites (tertiary alicyclic amines) is 1. The van der Waals surface area contributed by atoms with Crippen LogP contribution < -0.4 is 5.32 Å². The second-order valence-electron chi connectivity index (χ2n) is 9.84. The number of carbonyl (C=O) groups excluding carboxylic acids is 2. The van der Waals surface area contributed by atoms with Crippen molar-refractivity contribution in [1.29, 1.82) is 0 Å². The van der Waals surface area contributed by atoms with E-state index in [1.807, 2.05) is 24.3 Å². The molecule has 3 N–H and O–H groups in total. The van der Waals surface area contributed by atoms with Crippen LogP contribution in [0.4, 0.5) is 4.79 Å². The molecule has 2 aromatic rings. The van der Waals surface area contributed by atoms with Crippen LogP contribution in [0.25, 0.3) is 11.1 Å². The van der Waals surface area contributed by atoms with Gasteiger partial charge < -0.3 is 25.2 Å². The third kappa shape index (κ3) is 4.75. The smallest absolute Gasteiger partial charge is 0.407 e. The van der Waals surface area contributed by atoms with E-state index in [0.29, 0.717) is 6.42 Å². The number of amides is 2. The number of β-amino-alcohol motifs (C(OH)–C–C–N with tert-alkyl or cyclic N) is 1. The maximum atomic E-state index is 12.7. The van der Waals surface area contributed by atoms with E-state index in [1.54, 1.807) is 0 Å². The van der Waals surface area contributed by atoms with Crippen molar-refractivity contribution >= 4 is 18.0 Å². The normalized spacial score (nSPS) is 25.2. The molecule has 2 aliphatic carbocycles. The number of rotatable bonds is 6. The van der Waals surface area contributed by atoms with E-state index in [4.69, 9.17) is 4.74 Å². The molecule has 1 saturated heterocycles. The first-order valence-electron chi connectivity index (χ1n) is 12.2. The van der Waals surface area contributed by atoms with Crippen molar-refractivity contribution in [3.63, 3.8) is 0 Å². The van der Waals surface area contributed by atoms with Gasteiger partial charge in [-0.1, -0.05) is 48.5 Å². The van der Waals surface area contributed by atoms with Gasteiger partial charge in [0, 0.05) is 31.3 Å². The Morgan fingerprint density at radius 1 is 0.971 bits per heavy atom. The Balaban J connectivity index is 1.12. The first-order chi connectivity index (χ1) is 16.9. The van der Waals surface area contributed by atoms with Crippen molar-refractivity contribution in [3.05, 3.63) is 59.7 Å². The van der Waals surface area contributed by atoms with Crippen molar-refractivity contribution in [1.82, 2.24) is 10.2 Å². The van der Waals surface area contributed by atoms with Crippen LogP contribution in [-0.2, 0) is 14.3 Å². The van der Waals surface area contributed by atoms with Gasteiger partial charge in [0.2, 0.25) is 5.91 Å². The number of carboxylic acids is 1. The highest BCUT2D eigenvalue weighted by molar-refractivity contribution is 5.84. The Morgan fingerprint density at radius 3 is 2.29 bits per heavy atom. The summed E-state index contributed by atoms with van der Waals surface area (Å²) in [5, 5.41) is 22.0. The largest absolute Gasteiger partial charge is 0.480 e. The third-order valence-corrected chi connectivity index (χ3v) is 7.55. The lowest BCUT2D eigenvalue weighted by atomic mass is 9.98. The summed E-state index contributed by atoms with van der Waals surface area (Å²) in [7, 11) is 0. The summed E-state index contributed by atoms with van der Waals surface area (Å²) in [5.41, 5.74) is 4.67. The summed E-state index contributed by atoms with van der Waals surface area (Å²) in [6, 6.07) is 15.3. The van der Waals surface area contributed by atoms with Crippen molar-refractivity contribution in [2.24, 2.45) is 5.92 Å². The van der Waals surface area contributed by atoms with E-state index in [0.717, 1.165) is 24.0 Å². The number of fused-ring (bicyclic) bond motifs is 3. The summed E-state index contributed by atoms with van der Waals surface area (Å²) < 4.78 is 5.63. The molecular weight excluding hydrogens is 448 g/mol. The molecule has 8 heteroatoms.